The number of rotatable bonds is 1. The molecule has 0 bridgehead atoms. The number of carbonyl (C=O) groups is 2. The summed E-state index contributed by atoms with van der Waals surface area (Å²) in [5, 5.41) is 5.29. The number of allylic oxidation sites excluding steroid dienone is 2. The van der Waals surface area contributed by atoms with Crippen molar-refractivity contribution in [2.45, 2.75) is 89.8 Å². The smallest absolute Gasteiger partial charge is 0.307 e. The van der Waals surface area contributed by atoms with Crippen molar-refractivity contribution in [2.24, 2.45) is 10.8 Å². The number of carbonyl (C=O) groups excluding carboxylic acids is 2. The largest absolute Gasteiger partial charge is 0.432 e. The van der Waals surface area contributed by atoms with Gasteiger partial charge >= 0.3 is 5.97 Å². The zero-order valence-electron chi connectivity index (χ0n) is 27.0. The monoisotopic (exact) mass is 804 g/mol. The van der Waals surface area contributed by atoms with E-state index in [1.54, 1.807) is 0 Å². The minimum Gasteiger partial charge on any atom is -0.432 e. The van der Waals surface area contributed by atoms with Gasteiger partial charge in [-0.1, -0.05) is 109 Å². The summed E-state index contributed by atoms with van der Waals surface area (Å²) >= 11 is 11.2. The Bertz CT molecular complexity index is 1990. The molecule has 0 spiro atoms. The lowest BCUT2D eigenvalue weighted by Crippen LogP contribution is -2.33. The van der Waals surface area contributed by atoms with Crippen LogP contribution in [0, 0.1) is 24.7 Å². The van der Waals surface area contributed by atoms with Gasteiger partial charge in [0, 0.05) is 34.6 Å². The molecule has 238 valence electrons. The highest BCUT2D eigenvalue weighted by Gasteiger charge is 2.53. The maximum atomic E-state index is 12.3. The Kier molecular flexibility index (Phi) is 8.21. The second-order valence-electron chi connectivity index (χ2n) is 14.5. The fourth-order valence-corrected chi connectivity index (χ4v) is 10.8. The highest BCUT2D eigenvalue weighted by Crippen LogP contribution is 2.58. The van der Waals surface area contributed by atoms with E-state index in [0.717, 1.165) is 46.8 Å². The first-order valence-electron chi connectivity index (χ1n) is 16.3. The van der Waals surface area contributed by atoms with Crippen LogP contribution in [0.4, 0.5) is 0 Å². The third-order valence-electron chi connectivity index (χ3n) is 11.4. The average Bonchev–Trinajstić information content (AvgIpc) is 3.45. The number of esters is 1. The number of hydrogen-bond donors (Lipinski definition) is 0. The van der Waals surface area contributed by atoms with E-state index in [2.05, 4.69) is 130 Å². The SMILES string of the molecule is CC(=O)OC1=C[C@@]2(C)CCc3c(cc(Br)c4ccc(C)cc34)[C@@H]2C1.Cc1ccc2c(Br)cc3c(c2c1)CC[C@]1(C)[C@H](Br)C(=O)C[C@@H]31. The number of aryl methyl sites for hydroxylation is 4. The Morgan fingerprint density at radius 1 is 0.783 bits per heavy atom. The van der Waals surface area contributed by atoms with Gasteiger partial charge in [0.05, 0.1) is 4.83 Å². The number of hydrogen-bond acceptors (Lipinski definition) is 3. The maximum Gasteiger partial charge on any atom is 0.307 e. The second kappa shape index (κ2) is 11.7. The van der Waals surface area contributed by atoms with E-state index in [1.807, 2.05) is 0 Å². The summed E-state index contributed by atoms with van der Waals surface area (Å²) in [5.41, 5.74) is 8.44. The highest BCUT2D eigenvalue weighted by molar-refractivity contribution is 9.11. The molecule has 4 aromatic carbocycles. The van der Waals surface area contributed by atoms with E-state index in [1.165, 1.54) is 61.8 Å². The standard InChI is InChI=1S/C21H21BrO2.C19H18Br2O/c1-12-4-5-16-17(8-12)15-6-7-21(3)11-14(24-13(2)23)9-19(21)18(15)10-20(16)22;1-10-3-4-12-13(7-10)11-5-6-19(2)15(9-17(22)18(19)21)14(11)8-16(12)20/h4-5,8,10-11,19H,6-7,9H2,1-3H3;3-4,7-8,15,18H,5-6,9H2,1-2H3/t19-,21+;15-,18+,19-/m00/s1. The van der Waals surface area contributed by atoms with Crippen molar-refractivity contribution < 1.29 is 14.3 Å². The van der Waals surface area contributed by atoms with Crippen LogP contribution in [0.1, 0.15) is 91.7 Å². The fourth-order valence-electron chi connectivity index (χ4n) is 8.89. The van der Waals surface area contributed by atoms with Gasteiger partial charge in [-0.25, -0.2) is 0 Å². The van der Waals surface area contributed by atoms with Crippen molar-refractivity contribution in [1.29, 1.82) is 0 Å². The first-order chi connectivity index (χ1) is 21.8. The molecule has 5 atom stereocenters. The molecule has 3 nitrogen and oxygen atoms in total. The molecule has 0 aromatic heterocycles. The van der Waals surface area contributed by atoms with Crippen LogP contribution in [0.3, 0.4) is 0 Å². The van der Waals surface area contributed by atoms with E-state index >= 15 is 0 Å². The van der Waals surface area contributed by atoms with Crippen molar-refractivity contribution in [3.05, 3.63) is 103 Å². The van der Waals surface area contributed by atoms with E-state index in [-0.39, 0.29) is 21.6 Å². The van der Waals surface area contributed by atoms with Gasteiger partial charge in [-0.05, 0) is 118 Å². The average molecular weight is 807 g/mol. The van der Waals surface area contributed by atoms with Gasteiger partial charge in [-0.3, -0.25) is 9.59 Å². The normalized spacial score (nSPS) is 27.7. The molecule has 46 heavy (non-hydrogen) atoms. The van der Waals surface area contributed by atoms with Crippen molar-refractivity contribution in [3.63, 3.8) is 0 Å². The lowest BCUT2D eigenvalue weighted by molar-refractivity contribution is -0.137. The Morgan fingerprint density at radius 3 is 1.89 bits per heavy atom. The van der Waals surface area contributed by atoms with Gasteiger partial charge in [0.25, 0.3) is 0 Å². The van der Waals surface area contributed by atoms with Gasteiger partial charge in [0.2, 0.25) is 0 Å². The molecule has 1 fully saturated rings. The van der Waals surface area contributed by atoms with Gasteiger partial charge in [0.15, 0.2) is 0 Å². The molecule has 0 radical (unpaired) electrons. The lowest BCUT2D eigenvalue weighted by atomic mass is 9.66. The molecule has 0 unspecified atom stereocenters. The van der Waals surface area contributed by atoms with E-state index in [0.29, 0.717) is 24.0 Å². The van der Waals surface area contributed by atoms with Crippen LogP contribution in [0.5, 0.6) is 0 Å². The third-order valence-corrected chi connectivity index (χ3v) is 14.3. The number of ether oxygens (including phenoxy) is 1. The zero-order valence-corrected chi connectivity index (χ0v) is 31.8. The maximum absolute atomic E-state index is 12.3. The summed E-state index contributed by atoms with van der Waals surface area (Å²) in [4.78, 5) is 23.7. The Balaban J connectivity index is 0.000000147. The number of fused-ring (bicyclic) bond motifs is 10. The molecule has 4 aromatic rings. The quantitative estimate of drug-likeness (QED) is 0.142. The minimum absolute atomic E-state index is 0.00475. The highest BCUT2D eigenvalue weighted by atomic mass is 79.9. The molecule has 0 aliphatic heterocycles. The number of halogens is 3. The predicted octanol–water partition coefficient (Wildman–Crippen LogP) is 11.5. The van der Waals surface area contributed by atoms with E-state index < -0.39 is 0 Å². The molecule has 4 aliphatic rings. The van der Waals surface area contributed by atoms with Crippen LogP contribution in [-0.4, -0.2) is 16.6 Å². The first-order valence-corrected chi connectivity index (χ1v) is 18.8. The Hall–Kier alpha value is -2.28. The number of ketones is 1. The predicted molar refractivity (Wildman–Crippen MR) is 198 cm³/mol. The molecule has 0 N–H and O–H groups in total. The van der Waals surface area contributed by atoms with Gasteiger partial charge in [-0.15, -0.1) is 0 Å². The lowest BCUT2D eigenvalue weighted by Gasteiger charge is -2.40. The van der Waals surface area contributed by atoms with E-state index in [9.17, 15) is 9.59 Å². The first kappa shape index (κ1) is 32.3. The third kappa shape index (κ3) is 5.26. The van der Waals surface area contributed by atoms with Crippen molar-refractivity contribution in [3.8, 4) is 0 Å². The zero-order chi connectivity index (χ0) is 32.7. The molecule has 0 heterocycles. The van der Waals surface area contributed by atoms with E-state index in [4.69, 9.17) is 4.74 Å². The summed E-state index contributed by atoms with van der Waals surface area (Å²) < 4.78 is 7.73. The molecular weight excluding hydrogens is 768 g/mol. The van der Waals surface area contributed by atoms with Crippen molar-refractivity contribution in [1.82, 2.24) is 0 Å². The summed E-state index contributed by atoms with van der Waals surface area (Å²) in [6.45, 7) is 10.3. The van der Waals surface area contributed by atoms with Crippen LogP contribution in [0.25, 0.3) is 21.5 Å². The summed E-state index contributed by atoms with van der Waals surface area (Å²) in [5.74, 6) is 1.70. The molecule has 0 saturated heterocycles. The number of alkyl halides is 1. The second-order valence-corrected chi connectivity index (χ2v) is 17.1. The van der Waals surface area contributed by atoms with Gasteiger partial charge in [0.1, 0.15) is 11.5 Å². The van der Waals surface area contributed by atoms with Gasteiger partial charge in [-0.2, -0.15) is 0 Å². The number of Topliss-reactive ketones (excluding diaryl/α,β-unsaturated/α-hetero) is 1. The topological polar surface area (TPSA) is 43.4 Å². The molecule has 0 amide bonds. The van der Waals surface area contributed by atoms with Crippen LogP contribution in [0.2, 0.25) is 0 Å². The molecular formula is C40H39Br3O3. The number of benzene rings is 4. The fraction of sp³-hybridized carbons (Fsp3) is 0.400. The molecule has 1 saturated carbocycles. The van der Waals surface area contributed by atoms with Crippen molar-refractivity contribution in [2.75, 3.05) is 0 Å². The van der Waals surface area contributed by atoms with Gasteiger partial charge < -0.3 is 4.74 Å². The summed E-state index contributed by atoms with van der Waals surface area (Å²) in [6.07, 6.45) is 7.98. The van der Waals surface area contributed by atoms with Crippen LogP contribution < -0.4 is 0 Å². The van der Waals surface area contributed by atoms with Crippen LogP contribution in [0.15, 0.2) is 69.3 Å². The Labute approximate surface area is 296 Å². The molecule has 4 aliphatic carbocycles. The summed E-state index contributed by atoms with van der Waals surface area (Å²) in [6, 6.07) is 17.9. The minimum atomic E-state index is -0.223. The summed E-state index contributed by atoms with van der Waals surface area (Å²) in [7, 11) is 0. The van der Waals surface area contributed by atoms with Crippen LogP contribution in [-0.2, 0) is 27.2 Å². The Morgan fingerprint density at radius 2 is 1.33 bits per heavy atom. The van der Waals surface area contributed by atoms with Crippen molar-refractivity contribution >= 4 is 81.1 Å². The molecule has 6 heteroatoms. The molecule has 8 rings (SSSR count). The van der Waals surface area contributed by atoms with Crippen LogP contribution >= 0.6 is 47.8 Å².